The Bertz CT molecular complexity index is 647. The number of aromatic nitrogens is 2. The van der Waals surface area contributed by atoms with E-state index in [2.05, 4.69) is 14.9 Å². The minimum Gasteiger partial charge on any atom is -0.466 e. The van der Waals surface area contributed by atoms with Crippen molar-refractivity contribution in [1.82, 2.24) is 9.97 Å². The van der Waals surface area contributed by atoms with E-state index in [-0.39, 0.29) is 17.7 Å². The molecule has 0 atom stereocenters. The van der Waals surface area contributed by atoms with Gasteiger partial charge in [0.2, 0.25) is 5.95 Å². The van der Waals surface area contributed by atoms with Gasteiger partial charge in [0.05, 0.1) is 23.6 Å². The molecule has 0 aliphatic carbocycles. The smallest absolute Gasteiger partial charge is 0.309 e. The topological polar surface area (TPSA) is 58.2 Å². The number of anilines is 1. The molecule has 2 heterocycles. The van der Waals surface area contributed by atoms with Crippen molar-refractivity contribution in [3.63, 3.8) is 0 Å². The summed E-state index contributed by atoms with van der Waals surface area (Å²) in [4.78, 5) is 21.4. The van der Waals surface area contributed by atoms with E-state index in [1.165, 1.54) is 12.1 Å². The van der Waals surface area contributed by atoms with E-state index in [0.29, 0.717) is 12.1 Å². The number of hydrogen-bond acceptors (Lipinski definition) is 4. The second kappa shape index (κ2) is 5.71. The van der Waals surface area contributed by atoms with E-state index in [1.54, 1.807) is 6.07 Å². The van der Waals surface area contributed by atoms with E-state index in [4.69, 9.17) is 4.74 Å². The second-order valence-corrected chi connectivity index (χ2v) is 5.24. The lowest BCUT2D eigenvalue weighted by atomic mass is 9.97. The third-order valence-electron chi connectivity index (χ3n) is 3.85. The predicted octanol–water partition coefficient (Wildman–Crippen LogP) is 2.48. The molecular weight excluding hydrogens is 273 g/mol. The predicted molar refractivity (Wildman–Crippen MR) is 77.6 cm³/mol. The highest BCUT2D eigenvalue weighted by Gasteiger charge is 2.27. The highest BCUT2D eigenvalue weighted by Crippen LogP contribution is 2.24. The molecule has 0 amide bonds. The van der Waals surface area contributed by atoms with Crippen LogP contribution in [-0.2, 0) is 9.53 Å². The summed E-state index contributed by atoms with van der Waals surface area (Å²) in [5.74, 6) is 0.323. The maximum Gasteiger partial charge on any atom is 0.309 e. The Labute approximate surface area is 122 Å². The number of carbonyl (C=O) groups excluding carboxylic acids is 1. The molecule has 112 valence electrons. The van der Waals surface area contributed by atoms with Crippen LogP contribution in [0.5, 0.6) is 0 Å². The van der Waals surface area contributed by atoms with Gasteiger partial charge in [-0.15, -0.1) is 0 Å². The van der Waals surface area contributed by atoms with Crippen molar-refractivity contribution in [2.45, 2.75) is 19.8 Å². The number of nitrogens with zero attached hydrogens (tertiary/aromatic N) is 2. The summed E-state index contributed by atoms with van der Waals surface area (Å²) in [6.07, 6.45) is 1.51. The van der Waals surface area contributed by atoms with Crippen molar-refractivity contribution >= 4 is 23.0 Å². The van der Waals surface area contributed by atoms with Crippen LogP contribution in [0.25, 0.3) is 11.0 Å². The lowest BCUT2D eigenvalue weighted by molar-refractivity contribution is -0.148. The first-order chi connectivity index (χ1) is 10.2. The number of carbonyl (C=O) groups is 1. The molecule has 3 rings (SSSR count). The van der Waals surface area contributed by atoms with Crippen LogP contribution >= 0.6 is 0 Å². The van der Waals surface area contributed by atoms with Gasteiger partial charge >= 0.3 is 5.97 Å². The number of nitrogens with one attached hydrogen (secondary N) is 1. The minimum atomic E-state index is -0.279. The molecule has 1 fully saturated rings. The van der Waals surface area contributed by atoms with Crippen LogP contribution in [0.15, 0.2) is 18.2 Å². The molecule has 1 aliphatic rings. The van der Waals surface area contributed by atoms with Crippen LogP contribution in [0, 0.1) is 11.7 Å². The van der Waals surface area contributed by atoms with Gasteiger partial charge in [-0.05, 0) is 38.0 Å². The normalized spacial score (nSPS) is 16.4. The average molecular weight is 291 g/mol. The number of benzene rings is 1. The Morgan fingerprint density at radius 3 is 2.95 bits per heavy atom. The summed E-state index contributed by atoms with van der Waals surface area (Å²) in [5, 5.41) is 0. The van der Waals surface area contributed by atoms with E-state index >= 15 is 0 Å². The van der Waals surface area contributed by atoms with Crippen LogP contribution in [-0.4, -0.2) is 35.6 Å². The number of aromatic amines is 1. The molecule has 1 saturated heterocycles. The Morgan fingerprint density at radius 1 is 1.48 bits per heavy atom. The van der Waals surface area contributed by atoms with Gasteiger partial charge in [0.1, 0.15) is 5.82 Å². The van der Waals surface area contributed by atoms with E-state index < -0.39 is 0 Å². The molecule has 2 aromatic rings. The molecule has 21 heavy (non-hydrogen) atoms. The fraction of sp³-hybridized carbons (Fsp3) is 0.467. The van der Waals surface area contributed by atoms with Gasteiger partial charge in [0.25, 0.3) is 0 Å². The van der Waals surface area contributed by atoms with Crippen molar-refractivity contribution in [3.8, 4) is 0 Å². The molecule has 0 unspecified atom stereocenters. The zero-order valence-corrected chi connectivity index (χ0v) is 11.9. The van der Waals surface area contributed by atoms with Gasteiger partial charge < -0.3 is 14.6 Å². The molecule has 0 radical (unpaired) electrons. The van der Waals surface area contributed by atoms with Crippen molar-refractivity contribution in [2.24, 2.45) is 5.92 Å². The Kier molecular flexibility index (Phi) is 3.77. The second-order valence-electron chi connectivity index (χ2n) is 5.24. The third-order valence-corrected chi connectivity index (χ3v) is 3.85. The molecule has 0 spiro atoms. The molecule has 0 bridgehead atoms. The number of piperidine rings is 1. The number of rotatable bonds is 3. The fourth-order valence-corrected chi connectivity index (χ4v) is 2.71. The van der Waals surface area contributed by atoms with Crippen molar-refractivity contribution in [2.75, 3.05) is 24.6 Å². The Morgan fingerprint density at radius 2 is 2.24 bits per heavy atom. The molecule has 0 saturated carbocycles. The zero-order chi connectivity index (χ0) is 14.8. The number of imidazole rings is 1. The highest BCUT2D eigenvalue weighted by atomic mass is 19.1. The number of H-pyrrole nitrogens is 1. The number of fused-ring (bicyclic) bond motifs is 1. The van der Waals surface area contributed by atoms with Gasteiger partial charge in [0, 0.05) is 13.1 Å². The molecule has 5 nitrogen and oxygen atoms in total. The number of halogens is 1. The summed E-state index contributed by atoms with van der Waals surface area (Å²) in [6, 6.07) is 4.51. The van der Waals surface area contributed by atoms with Crippen LogP contribution < -0.4 is 4.90 Å². The lowest BCUT2D eigenvalue weighted by Crippen LogP contribution is -2.37. The van der Waals surface area contributed by atoms with Gasteiger partial charge in [-0.3, -0.25) is 4.79 Å². The average Bonchev–Trinajstić information content (AvgIpc) is 2.90. The van der Waals surface area contributed by atoms with Gasteiger partial charge in [-0.2, -0.15) is 0 Å². The first kappa shape index (κ1) is 13.9. The largest absolute Gasteiger partial charge is 0.466 e. The summed E-state index contributed by atoms with van der Waals surface area (Å²) < 4.78 is 18.2. The summed E-state index contributed by atoms with van der Waals surface area (Å²) in [5.41, 5.74) is 1.44. The van der Waals surface area contributed by atoms with E-state index in [1.807, 2.05) is 6.92 Å². The SMILES string of the molecule is CCOC(=O)C1CCN(c2nc3ccc(F)cc3[nH]2)CC1. The molecule has 1 aliphatic heterocycles. The fourth-order valence-electron chi connectivity index (χ4n) is 2.71. The number of ether oxygens (including phenoxy) is 1. The zero-order valence-electron chi connectivity index (χ0n) is 11.9. The molecule has 1 aromatic carbocycles. The maximum absolute atomic E-state index is 13.2. The van der Waals surface area contributed by atoms with Crippen LogP contribution in [0.3, 0.4) is 0 Å². The van der Waals surface area contributed by atoms with Crippen molar-refractivity contribution < 1.29 is 13.9 Å². The summed E-state index contributed by atoms with van der Waals surface area (Å²) >= 11 is 0. The Hall–Kier alpha value is -2.11. The van der Waals surface area contributed by atoms with Crippen molar-refractivity contribution in [1.29, 1.82) is 0 Å². The summed E-state index contributed by atoms with van der Waals surface area (Å²) in [6.45, 7) is 3.73. The van der Waals surface area contributed by atoms with Gasteiger partial charge in [-0.25, -0.2) is 9.37 Å². The highest BCUT2D eigenvalue weighted by molar-refractivity contribution is 5.78. The summed E-state index contributed by atoms with van der Waals surface area (Å²) in [7, 11) is 0. The molecule has 6 heteroatoms. The maximum atomic E-state index is 13.2. The number of hydrogen-bond donors (Lipinski definition) is 1. The molecule has 1 aromatic heterocycles. The molecular formula is C15H18FN3O2. The monoisotopic (exact) mass is 291 g/mol. The number of esters is 1. The van der Waals surface area contributed by atoms with Crippen molar-refractivity contribution in [3.05, 3.63) is 24.0 Å². The van der Waals surface area contributed by atoms with Crippen LogP contribution in [0.2, 0.25) is 0 Å². The van der Waals surface area contributed by atoms with Gasteiger partial charge in [-0.1, -0.05) is 0 Å². The quantitative estimate of drug-likeness (QED) is 0.883. The first-order valence-corrected chi connectivity index (χ1v) is 7.24. The van der Waals surface area contributed by atoms with E-state index in [9.17, 15) is 9.18 Å². The lowest BCUT2D eigenvalue weighted by Gasteiger charge is -2.30. The first-order valence-electron chi connectivity index (χ1n) is 7.24. The Balaban J connectivity index is 1.69. The standard InChI is InChI=1S/C15H18FN3O2/c1-2-21-14(20)10-5-7-19(8-6-10)15-17-12-4-3-11(16)9-13(12)18-15/h3-4,9-10H,2,5-8H2,1H3,(H,17,18). The van der Waals surface area contributed by atoms with Crippen LogP contribution in [0.4, 0.5) is 10.3 Å². The minimum absolute atomic E-state index is 0.0250. The molecule has 1 N–H and O–H groups in total. The van der Waals surface area contributed by atoms with Gasteiger partial charge in [0.15, 0.2) is 0 Å². The van der Waals surface area contributed by atoms with Crippen LogP contribution in [0.1, 0.15) is 19.8 Å². The third kappa shape index (κ3) is 2.84. The van der Waals surface area contributed by atoms with E-state index in [0.717, 1.165) is 37.4 Å².